The lowest BCUT2D eigenvalue weighted by atomic mass is 10.1. The molecule has 3 N–H and O–H groups in total. The lowest BCUT2D eigenvalue weighted by molar-refractivity contribution is 0.102. The van der Waals surface area contributed by atoms with Crippen LogP contribution in [0.5, 0.6) is 0 Å². The quantitative estimate of drug-likeness (QED) is 0.288. The summed E-state index contributed by atoms with van der Waals surface area (Å²) in [5.74, 6) is -0.466. The third-order valence-electron chi connectivity index (χ3n) is 5.60. The molecule has 0 aliphatic carbocycles. The highest BCUT2D eigenvalue weighted by molar-refractivity contribution is 7.93. The van der Waals surface area contributed by atoms with E-state index in [9.17, 15) is 21.6 Å². The zero-order valence-corrected chi connectivity index (χ0v) is 21.7. The summed E-state index contributed by atoms with van der Waals surface area (Å²) in [6.45, 7) is 3.55. The van der Waals surface area contributed by atoms with Crippen molar-refractivity contribution in [2.24, 2.45) is 0 Å². The van der Waals surface area contributed by atoms with Crippen molar-refractivity contribution in [2.75, 3.05) is 14.8 Å². The molecule has 0 saturated heterocycles. The van der Waals surface area contributed by atoms with Gasteiger partial charge in [0.25, 0.3) is 26.0 Å². The predicted octanol–water partition coefficient (Wildman–Crippen LogP) is 5.16. The van der Waals surface area contributed by atoms with Crippen LogP contribution in [0.4, 0.5) is 17.1 Å². The average Bonchev–Trinajstić information content (AvgIpc) is 2.87. The zero-order chi connectivity index (χ0) is 26.6. The van der Waals surface area contributed by atoms with Gasteiger partial charge < -0.3 is 5.32 Å². The van der Waals surface area contributed by atoms with E-state index >= 15 is 0 Å². The molecule has 37 heavy (non-hydrogen) atoms. The minimum absolute atomic E-state index is 0.0413. The molecule has 4 rings (SSSR count). The zero-order valence-electron chi connectivity index (χ0n) is 20.1. The summed E-state index contributed by atoms with van der Waals surface area (Å²) < 4.78 is 55.8. The van der Waals surface area contributed by atoms with E-state index in [-0.39, 0.29) is 21.0 Å². The molecule has 0 radical (unpaired) electrons. The van der Waals surface area contributed by atoms with Gasteiger partial charge in [-0.15, -0.1) is 0 Å². The minimum atomic E-state index is -3.83. The van der Waals surface area contributed by atoms with Gasteiger partial charge in [0.15, 0.2) is 0 Å². The van der Waals surface area contributed by atoms with Gasteiger partial charge >= 0.3 is 0 Å². The maximum absolute atomic E-state index is 13.0. The Morgan fingerprint density at radius 3 is 1.81 bits per heavy atom. The molecular weight excluding hydrogens is 510 g/mol. The number of anilines is 3. The number of hydrogen-bond acceptors (Lipinski definition) is 5. The second kappa shape index (κ2) is 10.5. The SMILES string of the molecule is Cc1ccc(NS(=O)(=O)c2ccc(NC(=O)c3cccc(NS(=O)(=O)c4ccccc4)c3C)cc2)cc1. The molecular formula is C27H25N3O5S2. The van der Waals surface area contributed by atoms with Crippen molar-refractivity contribution in [3.63, 3.8) is 0 Å². The number of carbonyl (C=O) groups excluding carboxylic acids is 1. The molecule has 10 heteroatoms. The first-order valence-corrected chi connectivity index (χ1v) is 14.2. The van der Waals surface area contributed by atoms with Gasteiger partial charge in [0.05, 0.1) is 15.5 Å². The highest BCUT2D eigenvalue weighted by Crippen LogP contribution is 2.24. The van der Waals surface area contributed by atoms with Crippen LogP contribution in [0.15, 0.2) is 107 Å². The third kappa shape index (κ3) is 6.16. The van der Waals surface area contributed by atoms with Crippen LogP contribution in [0.1, 0.15) is 21.5 Å². The summed E-state index contributed by atoms with van der Waals surface area (Å²) in [7, 11) is -7.63. The highest BCUT2D eigenvalue weighted by Gasteiger charge is 2.19. The Kier molecular flexibility index (Phi) is 7.33. The highest BCUT2D eigenvalue weighted by atomic mass is 32.2. The number of aryl methyl sites for hydroxylation is 1. The summed E-state index contributed by atoms with van der Waals surface area (Å²) in [6, 6.07) is 25.4. The van der Waals surface area contributed by atoms with Crippen LogP contribution in [0.2, 0.25) is 0 Å². The van der Waals surface area contributed by atoms with E-state index in [0.29, 0.717) is 16.9 Å². The van der Waals surface area contributed by atoms with E-state index < -0.39 is 26.0 Å². The summed E-state index contributed by atoms with van der Waals surface area (Å²) in [5.41, 5.74) is 2.83. The molecule has 4 aromatic rings. The molecule has 0 aromatic heterocycles. The average molecular weight is 536 g/mol. The van der Waals surface area contributed by atoms with E-state index in [2.05, 4.69) is 14.8 Å². The Morgan fingerprint density at radius 2 is 1.16 bits per heavy atom. The number of amides is 1. The molecule has 0 aliphatic rings. The van der Waals surface area contributed by atoms with Crippen molar-refractivity contribution >= 4 is 43.0 Å². The lowest BCUT2D eigenvalue weighted by Gasteiger charge is -2.14. The Hall–Kier alpha value is -4.15. The Bertz CT molecular complexity index is 1640. The van der Waals surface area contributed by atoms with E-state index in [4.69, 9.17) is 0 Å². The fourth-order valence-corrected chi connectivity index (χ4v) is 5.75. The van der Waals surface area contributed by atoms with Crippen molar-refractivity contribution in [1.29, 1.82) is 0 Å². The van der Waals surface area contributed by atoms with Gasteiger partial charge in [-0.3, -0.25) is 14.2 Å². The van der Waals surface area contributed by atoms with Gasteiger partial charge in [-0.2, -0.15) is 0 Å². The molecule has 0 atom stereocenters. The number of nitrogens with one attached hydrogen (secondary N) is 3. The maximum Gasteiger partial charge on any atom is 0.261 e. The Balaban J connectivity index is 1.48. The molecule has 0 aliphatic heterocycles. The number of sulfonamides is 2. The fourth-order valence-electron chi connectivity index (χ4n) is 3.55. The van der Waals surface area contributed by atoms with Crippen LogP contribution in [-0.2, 0) is 20.0 Å². The molecule has 0 bridgehead atoms. The molecule has 0 fully saturated rings. The first-order chi connectivity index (χ1) is 17.5. The van der Waals surface area contributed by atoms with Crippen molar-refractivity contribution in [2.45, 2.75) is 23.6 Å². The molecule has 0 saturated carbocycles. The molecule has 0 spiro atoms. The third-order valence-corrected chi connectivity index (χ3v) is 8.38. The second-order valence-electron chi connectivity index (χ2n) is 8.35. The van der Waals surface area contributed by atoms with Crippen molar-refractivity contribution in [3.8, 4) is 0 Å². The Labute approximate surface area is 216 Å². The van der Waals surface area contributed by atoms with Crippen molar-refractivity contribution in [3.05, 3.63) is 114 Å². The van der Waals surface area contributed by atoms with Gasteiger partial charge in [-0.25, -0.2) is 16.8 Å². The standard InChI is InChI=1S/C27H25N3O5S2/c1-19-11-13-22(14-12-19)29-36(32,33)24-17-15-21(16-18-24)28-27(31)25-9-6-10-26(20(25)2)30-37(34,35)23-7-4-3-5-8-23/h3-18,29-30H,1-2H3,(H,28,31). The van der Waals surface area contributed by atoms with Gasteiger partial charge in [-0.05, 0) is 80.1 Å². The molecule has 0 unspecified atom stereocenters. The largest absolute Gasteiger partial charge is 0.322 e. The molecule has 0 heterocycles. The minimum Gasteiger partial charge on any atom is -0.322 e. The summed E-state index contributed by atoms with van der Waals surface area (Å²) >= 11 is 0. The van der Waals surface area contributed by atoms with E-state index in [1.165, 1.54) is 36.4 Å². The number of rotatable bonds is 8. The normalized spacial score (nSPS) is 11.5. The van der Waals surface area contributed by atoms with Gasteiger partial charge in [0.2, 0.25) is 0 Å². The fraction of sp³-hybridized carbons (Fsp3) is 0.0741. The van der Waals surface area contributed by atoms with Gasteiger partial charge in [-0.1, -0.05) is 42.0 Å². The maximum atomic E-state index is 13.0. The van der Waals surface area contributed by atoms with Gasteiger partial charge in [0.1, 0.15) is 0 Å². The van der Waals surface area contributed by atoms with Crippen molar-refractivity contribution < 1.29 is 21.6 Å². The van der Waals surface area contributed by atoms with Crippen LogP contribution < -0.4 is 14.8 Å². The molecule has 4 aromatic carbocycles. The van der Waals surface area contributed by atoms with E-state index in [1.54, 1.807) is 67.6 Å². The number of hydrogen-bond donors (Lipinski definition) is 3. The summed E-state index contributed by atoms with van der Waals surface area (Å²) in [6.07, 6.45) is 0. The first-order valence-electron chi connectivity index (χ1n) is 11.2. The molecule has 190 valence electrons. The molecule has 8 nitrogen and oxygen atoms in total. The van der Waals surface area contributed by atoms with Crippen LogP contribution >= 0.6 is 0 Å². The Morgan fingerprint density at radius 1 is 0.595 bits per heavy atom. The van der Waals surface area contributed by atoms with E-state index in [0.717, 1.165) is 5.56 Å². The summed E-state index contributed by atoms with van der Waals surface area (Å²) in [4.78, 5) is 13.1. The van der Waals surface area contributed by atoms with Crippen LogP contribution in [-0.4, -0.2) is 22.7 Å². The van der Waals surface area contributed by atoms with E-state index in [1.807, 2.05) is 6.92 Å². The van der Waals surface area contributed by atoms with Crippen LogP contribution in [0, 0.1) is 13.8 Å². The second-order valence-corrected chi connectivity index (χ2v) is 11.7. The predicted molar refractivity (Wildman–Crippen MR) is 145 cm³/mol. The first kappa shape index (κ1) is 25.9. The monoisotopic (exact) mass is 535 g/mol. The lowest BCUT2D eigenvalue weighted by Crippen LogP contribution is -2.17. The van der Waals surface area contributed by atoms with Gasteiger partial charge in [0, 0.05) is 16.9 Å². The smallest absolute Gasteiger partial charge is 0.261 e. The summed E-state index contributed by atoms with van der Waals surface area (Å²) in [5, 5.41) is 2.72. The van der Waals surface area contributed by atoms with Crippen LogP contribution in [0.3, 0.4) is 0 Å². The number of benzene rings is 4. The van der Waals surface area contributed by atoms with Crippen LogP contribution in [0.25, 0.3) is 0 Å². The number of carbonyl (C=O) groups is 1. The van der Waals surface area contributed by atoms with Crippen molar-refractivity contribution in [1.82, 2.24) is 0 Å². The topological polar surface area (TPSA) is 121 Å². The molecule has 1 amide bonds.